The highest BCUT2D eigenvalue weighted by atomic mass is 35.5. The van der Waals surface area contributed by atoms with Gasteiger partial charge in [-0.25, -0.2) is 0 Å². The molecule has 0 amide bonds. The Balaban J connectivity index is 1.48. The molecule has 0 saturated heterocycles. The first kappa shape index (κ1) is 19.2. The first-order valence-corrected chi connectivity index (χ1v) is 9.18. The number of nitrogens with zero attached hydrogens (tertiary/aromatic N) is 3. The maximum absolute atomic E-state index is 6.16. The van der Waals surface area contributed by atoms with Gasteiger partial charge in [-0.2, -0.15) is 4.98 Å². The van der Waals surface area contributed by atoms with Crippen molar-refractivity contribution < 1.29 is 4.52 Å². The molecule has 2 aromatic carbocycles. The molecule has 3 aromatic rings. The first-order chi connectivity index (χ1) is 13.2. The molecule has 0 radical (unpaired) electrons. The molecule has 0 atom stereocenters. The lowest BCUT2D eigenvalue weighted by Gasteiger charge is -2.11. The van der Waals surface area contributed by atoms with E-state index in [1.807, 2.05) is 36.4 Å². The summed E-state index contributed by atoms with van der Waals surface area (Å²) in [6.07, 6.45) is 0.577. The molecule has 0 unspecified atom stereocenters. The van der Waals surface area contributed by atoms with Crippen molar-refractivity contribution in [1.82, 2.24) is 20.8 Å². The summed E-state index contributed by atoms with van der Waals surface area (Å²) >= 11 is 12.1. The quantitative estimate of drug-likeness (QED) is 0.481. The molecule has 0 aliphatic heterocycles. The third-order valence-corrected chi connectivity index (χ3v) is 4.45. The molecular weight excluding hydrogens is 385 g/mol. The second-order valence-corrected chi connectivity index (χ2v) is 6.56. The van der Waals surface area contributed by atoms with Gasteiger partial charge in [-0.15, -0.1) is 0 Å². The van der Waals surface area contributed by atoms with Crippen LogP contribution in [0.3, 0.4) is 0 Å². The zero-order valence-corrected chi connectivity index (χ0v) is 16.3. The molecule has 0 spiro atoms. The molecule has 2 N–H and O–H groups in total. The SMILES string of the molecule is CN=C(NCCc1nc(-c2ccc(Cl)cc2)no1)NCc1ccccc1Cl. The average Bonchev–Trinajstić information content (AvgIpc) is 3.15. The van der Waals surface area contributed by atoms with Crippen LogP contribution in [0.4, 0.5) is 0 Å². The second-order valence-electron chi connectivity index (χ2n) is 5.71. The molecule has 0 saturated carbocycles. The van der Waals surface area contributed by atoms with Gasteiger partial charge in [-0.3, -0.25) is 4.99 Å². The fourth-order valence-electron chi connectivity index (χ4n) is 2.40. The highest BCUT2D eigenvalue weighted by Gasteiger charge is 2.09. The average molecular weight is 404 g/mol. The maximum Gasteiger partial charge on any atom is 0.228 e. The van der Waals surface area contributed by atoms with Crippen LogP contribution in [0.15, 0.2) is 58.0 Å². The number of aliphatic imine (C=N–C) groups is 1. The molecule has 140 valence electrons. The first-order valence-electron chi connectivity index (χ1n) is 8.42. The monoisotopic (exact) mass is 403 g/mol. The minimum Gasteiger partial charge on any atom is -0.356 e. The lowest BCUT2D eigenvalue weighted by atomic mass is 10.2. The second kappa shape index (κ2) is 9.39. The number of hydrogen-bond acceptors (Lipinski definition) is 4. The van der Waals surface area contributed by atoms with E-state index in [0.717, 1.165) is 16.1 Å². The van der Waals surface area contributed by atoms with Crippen LogP contribution in [0.5, 0.6) is 0 Å². The zero-order chi connectivity index (χ0) is 19.1. The van der Waals surface area contributed by atoms with Crippen LogP contribution in [0.25, 0.3) is 11.4 Å². The smallest absolute Gasteiger partial charge is 0.228 e. The van der Waals surface area contributed by atoms with Crippen molar-refractivity contribution in [2.75, 3.05) is 13.6 Å². The Bertz CT molecular complexity index is 908. The molecule has 0 fully saturated rings. The van der Waals surface area contributed by atoms with Gasteiger partial charge in [0.1, 0.15) is 0 Å². The normalized spacial score (nSPS) is 11.4. The molecule has 27 heavy (non-hydrogen) atoms. The molecule has 1 heterocycles. The van der Waals surface area contributed by atoms with Crippen LogP contribution < -0.4 is 10.6 Å². The lowest BCUT2D eigenvalue weighted by molar-refractivity contribution is 0.378. The number of nitrogens with one attached hydrogen (secondary N) is 2. The van der Waals surface area contributed by atoms with Crippen LogP contribution in [-0.2, 0) is 13.0 Å². The van der Waals surface area contributed by atoms with Crippen molar-refractivity contribution >= 4 is 29.2 Å². The number of guanidine groups is 1. The third kappa shape index (κ3) is 5.45. The van der Waals surface area contributed by atoms with Crippen LogP contribution >= 0.6 is 23.2 Å². The van der Waals surface area contributed by atoms with Crippen molar-refractivity contribution in [3.05, 3.63) is 70.0 Å². The van der Waals surface area contributed by atoms with Gasteiger partial charge in [0, 0.05) is 42.2 Å². The number of benzene rings is 2. The van der Waals surface area contributed by atoms with Gasteiger partial charge in [0.05, 0.1) is 0 Å². The molecule has 6 nitrogen and oxygen atoms in total. The molecule has 0 bridgehead atoms. The fourth-order valence-corrected chi connectivity index (χ4v) is 2.73. The molecule has 0 aliphatic rings. The van der Waals surface area contributed by atoms with E-state index in [1.54, 1.807) is 19.2 Å². The van der Waals surface area contributed by atoms with Gasteiger partial charge in [0.15, 0.2) is 5.96 Å². The largest absolute Gasteiger partial charge is 0.356 e. The Morgan fingerprint density at radius 3 is 2.59 bits per heavy atom. The Morgan fingerprint density at radius 2 is 1.85 bits per heavy atom. The van der Waals surface area contributed by atoms with Gasteiger partial charge in [0.2, 0.25) is 11.7 Å². The molecular formula is C19H19Cl2N5O. The van der Waals surface area contributed by atoms with E-state index >= 15 is 0 Å². The number of rotatable bonds is 6. The predicted molar refractivity (Wildman–Crippen MR) is 108 cm³/mol. The Morgan fingerprint density at radius 1 is 1.07 bits per heavy atom. The lowest BCUT2D eigenvalue weighted by Crippen LogP contribution is -2.37. The predicted octanol–water partition coefficient (Wildman–Crippen LogP) is 3.95. The number of halogens is 2. The molecule has 8 heteroatoms. The molecule has 1 aromatic heterocycles. The minimum atomic E-state index is 0.544. The Labute approximate surface area is 167 Å². The number of aromatic nitrogens is 2. The van der Waals surface area contributed by atoms with Crippen LogP contribution in [-0.4, -0.2) is 29.7 Å². The van der Waals surface area contributed by atoms with Crippen molar-refractivity contribution in [2.24, 2.45) is 4.99 Å². The summed E-state index contributed by atoms with van der Waals surface area (Å²) in [4.78, 5) is 8.60. The molecule has 0 aliphatic carbocycles. The van der Waals surface area contributed by atoms with E-state index in [4.69, 9.17) is 27.7 Å². The van der Waals surface area contributed by atoms with Gasteiger partial charge in [-0.1, -0.05) is 46.6 Å². The van der Waals surface area contributed by atoms with Crippen LogP contribution in [0.1, 0.15) is 11.5 Å². The van der Waals surface area contributed by atoms with E-state index in [2.05, 4.69) is 25.8 Å². The van der Waals surface area contributed by atoms with Gasteiger partial charge in [-0.05, 0) is 35.9 Å². The van der Waals surface area contributed by atoms with Crippen molar-refractivity contribution in [2.45, 2.75) is 13.0 Å². The number of hydrogen-bond donors (Lipinski definition) is 2. The summed E-state index contributed by atoms with van der Waals surface area (Å²) < 4.78 is 5.30. The van der Waals surface area contributed by atoms with Gasteiger partial charge >= 0.3 is 0 Å². The van der Waals surface area contributed by atoms with Crippen LogP contribution in [0, 0.1) is 0 Å². The maximum atomic E-state index is 6.16. The summed E-state index contributed by atoms with van der Waals surface area (Å²) in [5, 5.41) is 11.8. The summed E-state index contributed by atoms with van der Waals surface area (Å²) in [5.41, 5.74) is 1.87. The minimum absolute atomic E-state index is 0.544. The summed E-state index contributed by atoms with van der Waals surface area (Å²) in [6, 6.07) is 15.0. The summed E-state index contributed by atoms with van der Waals surface area (Å²) in [7, 11) is 1.72. The fraction of sp³-hybridized carbons (Fsp3) is 0.211. The summed E-state index contributed by atoms with van der Waals surface area (Å²) in [5.74, 6) is 1.77. The topological polar surface area (TPSA) is 75.3 Å². The van der Waals surface area contributed by atoms with Crippen molar-refractivity contribution in [1.29, 1.82) is 0 Å². The Kier molecular flexibility index (Phi) is 6.68. The van der Waals surface area contributed by atoms with E-state index in [-0.39, 0.29) is 0 Å². The third-order valence-electron chi connectivity index (χ3n) is 3.83. The van der Waals surface area contributed by atoms with Gasteiger partial charge < -0.3 is 15.2 Å². The van der Waals surface area contributed by atoms with E-state index in [9.17, 15) is 0 Å². The van der Waals surface area contributed by atoms with Crippen LogP contribution in [0.2, 0.25) is 10.0 Å². The Hall–Kier alpha value is -2.57. The van der Waals surface area contributed by atoms with E-state index in [0.29, 0.717) is 42.2 Å². The molecule has 3 rings (SSSR count). The highest BCUT2D eigenvalue weighted by Crippen LogP contribution is 2.18. The van der Waals surface area contributed by atoms with Crippen molar-refractivity contribution in [3.63, 3.8) is 0 Å². The summed E-state index contributed by atoms with van der Waals surface area (Å²) in [6.45, 7) is 1.19. The van der Waals surface area contributed by atoms with Crippen molar-refractivity contribution in [3.8, 4) is 11.4 Å². The standard InChI is InChI=1S/C19H19Cl2N5O/c1-22-19(24-12-14-4-2-3-5-16(14)21)23-11-10-17-25-18(26-27-17)13-6-8-15(20)9-7-13/h2-9H,10-12H2,1H3,(H2,22,23,24). The van der Waals surface area contributed by atoms with E-state index < -0.39 is 0 Å². The highest BCUT2D eigenvalue weighted by molar-refractivity contribution is 6.31. The zero-order valence-electron chi connectivity index (χ0n) is 14.7. The van der Waals surface area contributed by atoms with Gasteiger partial charge in [0.25, 0.3) is 0 Å². The van der Waals surface area contributed by atoms with E-state index in [1.165, 1.54) is 0 Å².